The third-order valence-corrected chi connectivity index (χ3v) is 7.47. The van der Waals surface area contributed by atoms with Crippen LogP contribution in [0, 0.1) is 11.7 Å². The first-order valence-corrected chi connectivity index (χ1v) is 12.6. The van der Waals surface area contributed by atoms with Gasteiger partial charge in [-0.2, -0.15) is 0 Å². The van der Waals surface area contributed by atoms with Crippen molar-refractivity contribution in [2.24, 2.45) is 5.92 Å². The summed E-state index contributed by atoms with van der Waals surface area (Å²) < 4.78 is 45.1. The molecule has 0 radical (unpaired) electrons. The van der Waals surface area contributed by atoms with Gasteiger partial charge in [0.2, 0.25) is 16.0 Å². The molecule has 3 heterocycles. The zero-order valence-electron chi connectivity index (χ0n) is 18.0. The molecule has 1 aromatic carbocycles. The normalized spacial score (nSPS) is 18.7. The van der Waals surface area contributed by atoms with Crippen LogP contribution in [0.4, 0.5) is 10.3 Å². The summed E-state index contributed by atoms with van der Waals surface area (Å²) in [6, 6.07) is 5.12. The molecular weight excluding hydrogens is 419 g/mol. The molecule has 0 aliphatic carbocycles. The molecule has 2 saturated heterocycles. The Labute approximate surface area is 183 Å². The molecule has 0 unspecified atom stereocenters. The number of anilines is 1. The van der Waals surface area contributed by atoms with E-state index in [1.54, 1.807) is 6.07 Å². The first kappa shape index (κ1) is 22.0. The third kappa shape index (κ3) is 5.15. The van der Waals surface area contributed by atoms with Crippen LogP contribution in [0.15, 0.2) is 30.6 Å². The van der Waals surface area contributed by atoms with Gasteiger partial charge in [0.15, 0.2) is 11.6 Å². The van der Waals surface area contributed by atoms with Crippen molar-refractivity contribution in [2.75, 3.05) is 43.9 Å². The molecular formula is C22H29FN4O3S. The van der Waals surface area contributed by atoms with Gasteiger partial charge in [0.1, 0.15) is 0 Å². The molecule has 7 nitrogen and oxygen atoms in total. The van der Waals surface area contributed by atoms with Crippen molar-refractivity contribution in [3.63, 3.8) is 0 Å². The number of aromatic nitrogens is 2. The summed E-state index contributed by atoms with van der Waals surface area (Å²) >= 11 is 0. The average molecular weight is 449 g/mol. The molecule has 0 amide bonds. The summed E-state index contributed by atoms with van der Waals surface area (Å²) in [7, 11) is -3.16. The van der Waals surface area contributed by atoms with E-state index >= 15 is 0 Å². The van der Waals surface area contributed by atoms with Crippen LogP contribution in [0.2, 0.25) is 0 Å². The van der Waals surface area contributed by atoms with Crippen LogP contribution >= 0.6 is 0 Å². The predicted molar refractivity (Wildman–Crippen MR) is 117 cm³/mol. The van der Waals surface area contributed by atoms with E-state index in [2.05, 4.69) is 21.8 Å². The Balaban J connectivity index is 1.26. The molecule has 2 fully saturated rings. The van der Waals surface area contributed by atoms with Crippen molar-refractivity contribution in [3.8, 4) is 5.75 Å². The molecule has 0 saturated carbocycles. The lowest BCUT2D eigenvalue weighted by molar-refractivity contribution is 0.212. The Morgan fingerprint density at radius 1 is 1.16 bits per heavy atom. The summed E-state index contributed by atoms with van der Waals surface area (Å²) in [5.41, 5.74) is 2.02. The minimum Gasteiger partial charge on any atom is -0.490 e. The van der Waals surface area contributed by atoms with Crippen molar-refractivity contribution in [1.29, 1.82) is 0 Å². The molecule has 0 bridgehead atoms. The highest BCUT2D eigenvalue weighted by Crippen LogP contribution is 2.32. The second-order valence-corrected chi connectivity index (χ2v) is 10.4. The van der Waals surface area contributed by atoms with Gasteiger partial charge < -0.3 is 9.64 Å². The Bertz CT molecular complexity index is 1000. The fraction of sp³-hybridized carbons (Fsp3) is 0.545. The first-order valence-electron chi connectivity index (χ1n) is 10.8. The van der Waals surface area contributed by atoms with Gasteiger partial charge in [-0.15, -0.1) is 0 Å². The Morgan fingerprint density at radius 3 is 2.42 bits per heavy atom. The highest BCUT2D eigenvalue weighted by atomic mass is 32.2. The van der Waals surface area contributed by atoms with Crippen molar-refractivity contribution < 1.29 is 17.5 Å². The Hall–Kier alpha value is -2.26. The second-order valence-electron chi connectivity index (χ2n) is 8.45. The van der Waals surface area contributed by atoms with E-state index in [-0.39, 0.29) is 17.5 Å². The van der Waals surface area contributed by atoms with E-state index in [9.17, 15) is 12.8 Å². The Kier molecular flexibility index (Phi) is 6.43. The van der Waals surface area contributed by atoms with Crippen LogP contribution in [0.5, 0.6) is 5.75 Å². The molecule has 168 valence electrons. The van der Waals surface area contributed by atoms with Gasteiger partial charge in [-0.3, -0.25) is 0 Å². The summed E-state index contributed by atoms with van der Waals surface area (Å²) in [6.07, 6.45) is 7.26. The van der Waals surface area contributed by atoms with Crippen molar-refractivity contribution in [1.82, 2.24) is 14.3 Å². The highest BCUT2D eigenvalue weighted by molar-refractivity contribution is 7.88. The molecule has 2 aromatic rings. The molecule has 31 heavy (non-hydrogen) atoms. The fourth-order valence-corrected chi connectivity index (χ4v) is 5.02. The molecule has 1 aromatic heterocycles. The van der Waals surface area contributed by atoms with Crippen LogP contribution in [0.25, 0.3) is 0 Å². The molecule has 9 heteroatoms. The minimum atomic E-state index is -3.16. The topological polar surface area (TPSA) is 75.6 Å². The highest BCUT2D eigenvalue weighted by Gasteiger charge is 2.30. The molecule has 4 rings (SSSR count). The maximum absolute atomic E-state index is 14.6. The smallest absolute Gasteiger partial charge is 0.225 e. The number of hydrogen-bond donors (Lipinski definition) is 0. The van der Waals surface area contributed by atoms with Crippen molar-refractivity contribution in [2.45, 2.75) is 32.1 Å². The van der Waals surface area contributed by atoms with Gasteiger partial charge in [0, 0.05) is 44.5 Å². The zero-order chi connectivity index (χ0) is 22.0. The number of halogens is 1. The van der Waals surface area contributed by atoms with E-state index in [1.807, 2.05) is 18.5 Å². The monoisotopic (exact) mass is 448 g/mol. The number of ether oxygens (including phenoxy) is 1. The third-order valence-electron chi connectivity index (χ3n) is 6.16. The largest absolute Gasteiger partial charge is 0.490 e. The molecule has 0 spiro atoms. The van der Waals surface area contributed by atoms with Crippen LogP contribution in [-0.4, -0.2) is 61.7 Å². The summed E-state index contributed by atoms with van der Waals surface area (Å²) in [6.45, 7) is 5.07. The molecule has 2 aliphatic rings. The summed E-state index contributed by atoms with van der Waals surface area (Å²) in [5, 5.41) is 0. The van der Waals surface area contributed by atoms with Crippen LogP contribution in [0.1, 0.15) is 36.8 Å². The quantitative estimate of drug-likeness (QED) is 0.648. The molecule has 2 aliphatic heterocycles. The van der Waals surface area contributed by atoms with Gasteiger partial charge in [-0.1, -0.05) is 13.0 Å². The second kappa shape index (κ2) is 9.08. The van der Waals surface area contributed by atoms with Crippen LogP contribution < -0.4 is 9.64 Å². The number of aryl methyl sites for hydroxylation is 1. The van der Waals surface area contributed by atoms with E-state index in [0.29, 0.717) is 38.5 Å². The maximum Gasteiger partial charge on any atom is 0.225 e. The standard InChI is InChI=1S/C22H29FN4O3S/c1-3-16-11-24-22(25-12-16)26-13-17(14-26)15-30-21-5-4-19(10-20(21)23)18-6-8-27(9-7-18)31(2,28)29/h4-5,10-12,17-18H,3,6-9,13-15H2,1-2H3. The van der Waals surface area contributed by atoms with Gasteiger partial charge in [-0.05, 0) is 48.4 Å². The Morgan fingerprint density at radius 2 is 1.84 bits per heavy atom. The first-order chi connectivity index (χ1) is 14.8. The lowest BCUT2D eigenvalue weighted by Gasteiger charge is -2.38. The van der Waals surface area contributed by atoms with Gasteiger partial charge in [0.25, 0.3) is 0 Å². The molecule has 0 atom stereocenters. The summed E-state index contributed by atoms with van der Waals surface area (Å²) in [5.74, 6) is 1.11. The lowest BCUT2D eigenvalue weighted by Crippen LogP contribution is -2.50. The van der Waals surface area contributed by atoms with Crippen molar-refractivity contribution in [3.05, 3.63) is 47.5 Å². The van der Waals surface area contributed by atoms with E-state index in [0.717, 1.165) is 36.6 Å². The lowest BCUT2D eigenvalue weighted by atomic mass is 9.90. The van der Waals surface area contributed by atoms with E-state index in [4.69, 9.17) is 4.74 Å². The number of sulfonamides is 1. The number of benzene rings is 1. The average Bonchev–Trinajstić information content (AvgIpc) is 2.73. The van der Waals surface area contributed by atoms with Crippen molar-refractivity contribution >= 4 is 16.0 Å². The SMILES string of the molecule is CCc1cnc(N2CC(COc3ccc(C4CCN(S(C)(=O)=O)CC4)cc3F)C2)nc1. The number of hydrogen-bond acceptors (Lipinski definition) is 6. The predicted octanol–water partition coefficient (Wildman–Crippen LogP) is 2.83. The van der Waals surface area contributed by atoms with Crippen LogP contribution in [0.3, 0.4) is 0 Å². The summed E-state index contributed by atoms with van der Waals surface area (Å²) in [4.78, 5) is 10.9. The fourth-order valence-electron chi connectivity index (χ4n) is 4.15. The molecule has 0 N–H and O–H groups in total. The minimum absolute atomic E-state index is 0.167. The zero-order valence-corrected chi connectivity index (χ0v) is 18.8. The number of rotatable bonds is 7. The number of piperidine rings is 1. The van der Waals surface area contributed by atoms with Gasteiger partial charge in [0.05, 0.1) is 12.9 Å². The number of nitrogens with zero attached hydrogens (tertiary/aromatic N) is 4. The van der Waals surface area contributed by atoms with Gasteiger partial charge >= 0.3 is 0 Å². The maximum atomic E-state index is 14.6. The van der Waals surface area contributed by atoms with Crippen LogP contribution in [-0.2, 0) is 16.4 Å². The van der Waals surface area contributed by atoms with Gasteiger partial charge in [-0.25, -0.2) is 27.1 Å². The van der Waals surface area contributed by atoms with E-state index in [1.165, 1.54) is 16.6 Å². The van der Waals surface area contributed by atoms with E-state index < -0.39 is 10.0 Å².